The third-order valence-corrected chi connectivity index (χ3v) is 3.76. The van der Waals surface area contributed by atoms with Crippen LogP contribution in [0, 0.1) is 5.82 Å². The Morgan fingerprint density at radius 2 is 1.95 bits per heavy atom. The zero-order valence-electron chi connectivity index (χ0n) is 11.9. The van der Waals surface area contributed by atoms with Crippen LogP contribution in [0.1, 0.15) is 18.4 Å². The van der Waals surface area contributed by atoms with Gasteiger partial charge in [0.15, 0.2) is 0 Å². The molecule has 8 heteroatoms. The van der Waals surface area contributed by atoms with Crippen LogP contribution in [0.5, 0.6) is 0 Å². The van der Waals surface area contributed by atoms with Crippen LogP contribution in [0.4, 0.5) is 23.2 Å². The minimum Gasteiger partial charge on any atom is -0.368 e. The molecule has 0 spiro atoms. The van der Waals surface area contributed by atoms with E-state index in [1.807, 2.05) is 0 Å². The summed E-state index contributed by atoms with van der Waals surface area (Å²) in [5.41, 5.74) is -2.69. The lowest BCUT2D eigenvalue weighted by Gasteiger charge is -2.34. The molecule has 0 radical (unpaired) electrons. The average Bonchev–Trinajstić information content (AvgIpc) is 2.49. The molecule has 0 bridgehead atoms. The number of carbonyl (C=O) groups excluding carboxylic acids is 1. The maximum absolute atomic E-state index is 13.7. The SMILES string of the molecule is COC1(C(=O)Nc2cc(C(F)(F)F)ccc2F)CCNCC1. The van der Waals surface area contributed by atoms with Crippen LogP contribution in [-0.2, 0) is 15.7 Å². The largest absolute Gasteiger partial charge is 0.416 e. The van der Waals surface area contributed by atoms with Gasteiger partial charge in [0.25, 0.3) is 5.91 Å². The van der Waals surface area contributed by atoms with E-state index in [9.17, 15) is 22.4 Å². The standard InChI is InChI=1S/C14H16F4N2O2/c1-22-13(4-6-19-7-5-13)12(21)20-11-8-9(14(16,17)18)2-3-10(11)15/h2-3,8,19H,4-7H2,1H3,(H,20,21). The number of ether oxygens (including phenoxy) is 1. The predicted octanol–water partition coefficient (Wildman–Crippen LogP) is 2.55. The second-order valence-electron chi connectivity index (χ2n) is 5.09. The molecular formula is C14H16F4N2O2. The van der Waals surface area contributed by atoms with E-state index in [4.69, 9.17) is 4.74 Å². The van der Waals surface area contributed by atoms with E-state index >= 15 is 0 Å². The van der Waals surface area contributed by atoms with Crippen molar-refractivity contribution in [3.63, 3.8) is 0 Å². The van der Waals surface area contributed by atoms with E-state index in [0.29, 0.717) is 44.1 Å². The minimum absolute atomic E-state index is 0.357. The number of carbonyl (C=O) groups is 1. The van der Waals surface area contributed by atoms with Crippen molar-refractivity contribution in [1.82, 2.24) is 5.32 Å². The average molecular weight is 320 g/mol. The van der Waals surface area contributed by atoms with E-state index in [1.165, 1.54) is 7.11 Å². The second-order valence-corrected chi connectivity index (χ2v) is 5.09. The van der Waals surface area contributed by atoms with E-state index < -0.39 is 34.8 Å². The summed E-state index contributed by atoms with van der Waals surface area (Å²) in [6.07, 6.45) is -3.90. The summed E-state index contributed by atoms with van der Waals surface area (Å²) in [7, 11) is 1.35. The van der Waals surface area contributed by atoms with Gasteiger partial charge in [0.1, 0.15) is 11.4 Å². The maximum Gasteiger partial charge on any atom is 0.416 e. The Labute approximate surface area is 124 Å². The van der Waals surface area contributed by atoms with Crippen molar-refractivity contribution in [3.05, 3.63) is 29.6 Å². The molecule has 1 aromatic rings. The van der Waals surface area contributed by atoms with Gasteiger partial charge >= 0.3 is 6.18 Å². The van der Waals surface area contributed by atoms with Gasteiger partial charge in [-0.25, -0.2) is 4.39 Å². The number of rotatable bonds is 3. The molecule has 122 valence electrons. The van der Waals surface area contributed by atoms with Gasteiger partial charge in [-0.05, 0) is 44.1 Å². The first kappa shape index (κ1) is 16.7. The Morgan fingerprint density at radius 1 is 1.32 bits per heavy atom. The van der Waals surface area contributed by atoms with Gasteiger partial charge in [-0.1, -0.05) is 0 Å². The summed E-state index contributed by atoms with van der Waals surface area (Å²) in [6.45, 7) is 1.07. The van der Waals surface area contributed by atoms with Crippen molar-refractivity contribution in [3.8, 4) is 0 Å². The highest BCUT2D eigenvalue weighted by molar-refractivity contribution is 5.97. The van der Waals surface area contributed by atoms with E-state index in [0.717, 1.165) is 0 Å². The summed E-state index contributed by atoms with van der Waals surface area (Å²) in [4.78, 5) is 12.3. The number of amides is 1. The first-order chi connectivity index (χ1) is 10.3. The maximum atomic E-state index is 13.7. The molecule has 0 atom stereocenters. The Balaban J connectivity index is 2.24. The van der Waals surface area contributed by atoms with Crippen molar-refractivity contribution < 1.29 is 27.1 Å². The molecule has 0 saturated carbocycles. The number of benzene rings is 1. The zero-order valence-corrected chi connectivity index (χ0v) is 11.9. The van der Waals surface area contributed by atoms with Crippen LogP contribution in [0.3, 0.4) is 0 Å². The fraction of sp³-hybridized carbons (Fsp3) is 0.500. The van der Waals surface area contributed by atoms with Crippen LogP contribution in [0.2, 0.25) is 0 Å². The Bertz CT molecular complexity index is 554. The number of nitrogens with one attached hydrogen (secondary N) is 2. The van der Waals surface area contributed by atoms with E-state index in [2.05, 4.69) is 10.6 Å². The molecule has 22 heavy (non-hydrogen) atoms. The molecule has 4 nitrogen and oxygen atoms in total. The van der Waals surface area contributed by atoms with Crippen LogP contribution >= 0.6 is 0 Å². The molecule has 2 N–H and O–H groups in total. The van der Waals surface area contributed by atoms with Crippen molar-refractivity contribution >= 4 is 11.6 Å². The normalized spacial score (nSPS) is 18.0. The molecule has 2 rings (SSSR count). The quantitative estimate of drug-likeness (QED) is 0.842. The molecule has 1 fully saturated rings. The van der Waals surface area contributed by atoms with Crippen molar-refractivity contribution in [2.45, 2.75) is 24.6 Å². The summed E-state index contributed by atoms with van der Waals surface area (Å²) in [5.74, 6) is -1.57. The van der Waals surface area contributed by atoms with E-state index in [-0.39, 0.29) is 0 Å². The lowest BCUT2D eigenvalue weighted by Crippen LogP contribution is -2.51. The van der Waals surface area contributed by atoms with Crippen LogP contribution in [0.15, 0.2) is 18.2 Å². The molecule has 1 aliphatic heterocycles. The van der Waals surface area contributed by atoms with Crippen molar-refractivity contribution in [2.24, 2.45) is 0 Å². The Kier molecular flexibility index (Phi) is 4.72. The topological polar surface area (TPSA) is 50.4 Å². The number of alkyl halides is 3. The summed E-state index contributed by atoms with van der Waals surface area (Å²) >= 11 is 0. The zero-order chi connectivity index (χ0) is 16.4. The third-order valence-electron chi connectivity index (χ3n) is 3.76. The number of hydrogen-bond donors (Lipinski definition) is 2. The molecular weight excluding hydrogens is 304 g/mol. The fourth-order valence-electron chi connectivity index (χ4n) is 2.39. The van der Waals surface area contributed by atoms with Gasteiger partial charge in [0, 0.05) is 7.11 Å². The second kappa shape index (κ2) is 6.21. The van der Waals surface area contributed by atoms with Crippen LogP contribution in [-0.4, -0.2) is 31.7 Å². The highest BCUT2D eigenvalue weighted by atomic mass is 19.4. The number of hydrogen-bond acceptors (Lipinski definition) is 3. The molecule has 0 aromatic heterocycles. The summed E-state index contributed by atoms with van der Waals surface area (Å²) in [6, 6.07) is 1.89. The summed E-state index contributed by atoms with van der Waals surface area (Å²) in [5, 5.41) is 5.27. The number of methoxy groups -OCH3 is 1. The fourth-order valence-corrected chi connectivity index (χ4v) is 2.39. The minimum atomic E-state index is -4.61. The first-order valence-corrected chi connectivity index (χ1v) is 6.72. The van der Waals surface area contributed by atoms with Gasteiger partial charge < -0.3 is 15.4 Å². The smallest absolute Gasteiger partial charge is 0.368 e. The van der Waals surface area contributed by atoms with Crippen LogP contribution in [0.25, 0.3) is 0 Å². The third kappa shape index (κ3) is 3.38. The molecule has 0 aliphatic carbocycles. The molecule has 1 heterocycles. The van der Waals surface area contributed by atoms with Gasteiger partial charge in [-0.3, -0.25) is 4.79 Å². The lowest BCUT2D eigenvalue weighted by atomic mass is 9.91. The molecule has 1 saturated heterocycles. The Hall–Kier alpha value is -1.67. The highest BCUT2D eigenvalue weighted by Crippen LogP contribution is 2.32. The highest BCUT2D eigenvalue weighted by Gasteiger charge is 2.40. The Morgan fingerprint density at radius 3 is 2.50 bits per heavy atom. The van der Waals surface area contributed by atoms with Gasteiger partial charge in [-0.15, -0.1) is 0 Å². The molecule has 1 aromatic carbocycles. The van der Waals surface area contributed by atoms with Crippen molar-refractivity contribution in [1.29, 1.82) is 0 Å². The van der Waals surface area contributed by atoms with E-state index in [1.54, 1.807) is 0 Å². The molecule has 1 amide bonds. The summed E-state index contributed by atoms with van der Waals surface area (Å²) < 4.78 is 56.9. The molecule has 0 unspecified atom stereocenters. The molecule has 1 aliphatic rings. The lowest BCUT2D eigenvalue weighted by molar-refractivity contribution is -0.141. The first-order valence-electron chi connectivity index (χ1n) is 6.72. The monoisotopic (exact) mass is 320 g/mol. The van der Waals surface area contributed by atoms with Crippen molar-refractivity contribution in [2.75, 3.05) is 25.5 Å². The van der Waals surface area contributed by atoms with Crippen LogP contribution < -0.4 is 10.6 Å². The van der Waals surface area contributed by atoms with Gasteiger partial charge in [0.2, 0.25) is 0 Å². The number of anilines is 1. The van der Waals surface area contributed by atoms with Gasteiger partial charge in [0.05, 0.1) is 11.3 Å². The number of piperidine rings is 1. The predicted molar refractivity (Wildman–Crippen MR) is 71.9 cm³/mol. The van der Waals surface area contributed by atoms with Gasteiger partial charge in [-0.2, -0.15) is 13.2 Å². The number of halogens is 4.